The van der Waals surface area contributed by atoms with Crippen LogP contribution in [-0.2, 0) is 13.0 Å². The van der Waals surface area contributed by atoms with E-state index >= 15 is 0 Å². The maximum Gasteiger partial charge on any atom is 0.335 e. The van der Waals surface area contributed by atoms with Gasteiger partial charge in [0, 0.05) is 18.7 Å². The Hall–Kier alpha value is -3.00. The van der Waals surface area contributed by atoms with Crippen LogP contribution >= 0.6 is 11.8 Å². The largest absolute Gasteiger partial charge is 0.497 e. The number of thioether (sulfide) groups is 1. The van der Waals surface area contributed by atoms with Crippen LogP contribution in [0.4, 0.5) is 0 Å². The fraction of sp³-hybridized carbons (Fsp3) is 0.318. The van der Waals surface area contributed by atoms with Crippen LogP contribution in [-0.4, -0.2) is 45.3 Å². The van der Waals surface area contributed by atoms with Crippen molar-refractivity contribution >= 4 is 17.7 Å². The quantitative estimate of drug-likeness (QED) is 0.363. The average Bonchev–Trinajstić information content (AvgIpc) is 3.15. The Balaban J connectivity index is 1.49. The molecule has 1 heterocycles. The Labute approximate surface area is 180 Å². The van der Waals surface area contributed by atoms with Crippen molar-refractivity contribution in [1.82, 2.24) is 14.8 Å². The minimum absolute atomic E-state index is 0.224. The third-order valence-corrected chi connectivity index (χ3v) is 5.55. The number of benzene rings is 2. The molecule has 3 aromatic rings. The summed E-state index contributed by atoms with van der Waals surface area (Å²) in [5.74, 6) is 2.22. The van der Waals surface area contributed by atoms with Crippen molar-refractivity contribution in [2.75, 3.05) is 19.5 Å². The predicted octanol–water partition coefficient (Wildman–Crippen LogP) is 4.16. The Morgan fingerprint density at radius 3 is 2.63 bits per heavy atom. The van der Waals surface area contributed by atoms with E-state index < -0.39 is 5.97 Å². The lowest BCUT2D eigenvalue weighted by atomic mass is 10.1. The molecule has 0 atom stereocenters. The molecule has 8 heteroatoms. The molecule has 0 fully saturated rings. The van der Waals surface area contributed by atoms with Crippen LogP contribution in [0.3, 0.4) is 0 Å². The van der Waals surface area contributed by atoms with Crippen LogP contribution in [0.2, 0.25) is 0 Å². The molecule has 2 aromatic carbocycles. The van der Waals surface area contributed by atoms with Gasteiger partial charge in [0.05, 0.1) is 19.3 Å². The number of ether oxygens (including phenoxy) is 2. The highest BCUT2D eigenvalue weighted by molar-refractivity contribution is 7.99. The summed E-state index contributed by atoms with van der Waals surface area (Å²) in [6, 6.07) is 14.5. The molecule has 0 aliphatic heterocycles. The molecule has 0 saturated heterocycles. The topological polar surface area (TPSA) is 86.5 Å². The molecule has 7 nitrogen and oxygen atoms in total. The molecule has 30 heavy (non-hydrogen) atoms. The van der Waals surface area contributed by atoms with Gasteiger partial charge in [0.25, 0.3) is 0 Å². The number of methoxy groups -OCH3 is 1. The van der Waals surface area contributed by atoms with Gasteiger partial charge >= 0.3 is 5.97 Å². The van der Waals surface area contributed by atoms with E-state index in [9.17, 15) is 4.79 Å². The zero-order valence-corrected chi connectivity index (χ0v) is 17.9. The second-order valence-corrected chi connectivity index (χ2v) is 7.61. The van der Waals surface area contributed by atoms with Gasteiger partial charge in [-0.25, -0.2) is 4.79 Å². The number of carboxylic acids is 1. The Morgan fingerprint density at radius 1 is 1.13 bits per heavy atom. The van der Waals surface area contributed by atoms with Crippen LogP contribution in [0.15, 0.2) is 53.7 Å². The van der Waals surface area contributed by atoms with Crippen LogP contribution in [0.5, 0.6) is 11.5 Å². The summed E-state index contributed by atoms with van der Waals surface area (Å²) >= 11 is 1.65. The number of rotatable bonds is 11. The van der Waals surface area contributed by atoms with Gasteiger partial charge in [0.15, 0.2) is 5.16 Å². The monoisotopic (exact) mass is 427 g/mol. The summed E-state index contributed by atoms with van der Waals surface area (Å²) < 4.78 is 13.0. The molecule has 0 saturated carbocycles. The number of aromatic nitrogens is 3. The summed E-state index contributed by atoms with van der Waals surface area (Å²) in [6.45, 7) is 3.40. The standard InChI is InChI=1S/C22H25N3O4S/c1-3-25-20(14-16-8-10-18(28-2)11-9-16)23-24-22(25)30-13-5-12-29-19-7-4-6-17(15-19)21(26)27/h4,6-11,15H,3,5,12-14H2,1-2H3,(H,26,27). The second kappa shape index (κ2) is 10.7. The first-order valence-electron chi connectivity index (χ1n) is 9.74. The first kappa shape index (κ1) is 21.7. The normalized spacial score (nSPS) is 10.7. The fourth-order valence-corrected chi connectivity index (χ4v) is 3.87. The number of aromatic carboxylic acids is 1. The van der Waals surface area contributed by atoms with Gasteiger partial charge in [-0.3, -0.25) is 0 Å². The van der Waals surface area contributed by atoms with Gasteiger partial charge in [-0.2, -0.15) is 0 Å². The van der Waals surface area contributed by atoms with E-state index in [1.165, 1.54) is 6.07 Å². The van der Waals surface area contributed by atoms with Crippen LogP contribution in [0.1, 0.15) is 35.1 Å². The molecule has 0 radical (unpaired) electrons. The van der Waals surface area contributed by atoms with E-state index in [0.29, 0.717) is 18.8 Å². The van der Waals surface area contributed by atoms with Crippen molar-refractivity contribution < 1.29 is 19.4 Å². The molecule has 1 aromatic heterocycles. The van der Waals surface area contributed by atoms with Gasteiger partial charge < -0.3 is 19.1 Å². The van der Waals surface area contributed by atoms with E-state index in [-0.39, 0.29) is 5.56 Å². The summed E-state index contributed by atoms with van der Waals surface area (Å²) in [4.78, 5) is 11.0. The van der Waals surface area contributed by atoms with Crippen molar-refractivity contribution in [3.63, 3.8) is 0 Å². The molecule has 0 unspecified atom stereocenters. The van der Waals surface area contributed by atoms with E-state index in [0.717, 1.165) is 41.0 Å². The highest BCUT2D eigenvalue weighted by Crippen LogP contribution is 2.21. The SMILES string of the molecule is CCn1c(Cc2ccc(OC)cc2)nnc1SCCCOc1cccc(C(=O)O)c1. The number of carboxylic acid groups (broad SMARTS) is 1. The first-order chi connectivity index (χ1) is 14.6. The van der Waals surface area contributed by atoms with Crippen molar-refractivity contribution in [3.8, 4) is 11.5 Å². The van der Waals surface area contributed by atoms with Crippen molar-refractivity contribution in [2.24, 2.45) is 0 Å². The second-order valence-electron chi connectivity index (χ2n) is 6.55. The molecule has 0 aliphatic rings. The molecule has 0 amide bonds. The van der Waals surface area contributed by atoms with Gasteiger partial charge in [-0.1, -0.05) is 30.0 Å². The van der Waals surface area contributed by atoms with Gasteiger partial charge in [0.2, 0.25) is 0 Å². The molecule has 0 spiro atoms. The van der Waals surface area contributed by atoms with Crippen molar-refractivity contribution in [3.05, 3.63) is 65.5 Å². The van der Waals surface area contributed by atoms with Crippen LogP contribution in [0.25, 0.3) is 0 Å². The van der Waals surface area contributed by atoms with Crippen LogP contribution in [0, 0.1) is 0 Å². The zero-order valence-electron chi connectivity index (χ0n) is 17.1. The smallest absolute Gasteiger partial charge is 0.335 e. The summed E-state index contributed by atoms with van der Waals surface area (Å²) in [6.07, 6.45) is 1.53. The average molecular weight is 428 g/mol. The third kappa shape index (κ3) is 5.76. The molecule has 1 N–H and O–H groups in total. The summed E-state index contributed by atoms with van der Waals surface area (Å²) in [5, 5.41) is 18.7. The third-order valence-electron chi connectivity index (χ3n) is 4.50. The van der Waals surface area contributed by atoms with E-state index in [2.05, 4.69) is 21.7 Å². The molecular weight excluding hydrogens is 402 g/mol. The predicted molar refractivity (Wildman–Crippen MR) is 116 cm³/mol. The maximum absolute atomic E-state index is 11.0. The summed E-state index contributed by atoms with van der Waals surface area (Å²) in [7, 11) is 1.66. The zero-order chi connectivity index (χ0) is 21.3. The molecular formula is C22H25N3O4S. The molecule has 0 bridgehead atoms. The highest BCUT2D eigenvalue weighted by atomic mass is 32.2. The van der Waals surface area contributed by atoms with E-state index in [1.54, 1.807) is 37.1 Å². The van der Waals surface area contributed by atoms with E-state index in [4.69, 9.17) is 14.6 Å². The number of carbonyl (C=O) groups is 1. The fourth-order valence-electron chi connectivity index (χ4n) is 2.93. The minimum Gasteiger partial charge on any atom is -0.497 e. The van der Waals surface area contributed by atoms with Crippen molar-refractivity contribution in [1.29, 1.82) is 0 Å². The van der Waals surface area contributed by atoms with E-state index in [1.807, 2.05) is 24.3 Å². The molecule has 0 aliphatic carbocycles. The van der Waals surface area contributed by atoms with Gasteiger partial charge in [-0.15, -0.1) is 10.2 Å². The van der Waals surface area contributed by atoms with Gasteiger partial charge in [0.1, 0.15) is 17.3 Å². The van der Waals surface area contributed by atoms with Gasteiger partial charge in [-0.05, 0) is 49.2 Å². The molecule has 158 valence electrons. The van der Waals surface area contributed by atoms with Crippen LogP contribution < -0.4 is 9.47 Å². The molecule has 3 rings (SSSR count). The Kier molecular flexibility index (Phi) is 7.73. The number of nitrogens with zero attached hydrogens (tertiary/aromatic N) is 3. The lowest BCUT2D eigenvalue weighted by molar-refractivity contribution is 0.0696. The maximum atomic E-state index is 11.0. The highest BCUT2D eigenvalue weighted by Gasteiger charge is 2.12. The number of hydrogen-bond acceptors (Lipinski definition) is 6. The minimum atomic E-state index is -0.958. The Bertz CT molecular complexity index is 973. The lowest BCUT2D eigenvalue weighted by Gasteiger charge is -2.09. The lowest BCUT2D eigenvalue weighted by Crippen LogP contribution is -2.05. The number of hydrogen-bond donors (Lipinski definition) is 1. The summed E-state index contributed by atoms with van der Waals surface area (Å²) in [5.41, 5.74) is 1.38. The Morgan fingerprint density at radius 2 is 1.93 bits per heavy atom. The first-order valence-corrected chi connectivity index (χ1v) is 10.7. The van der Waals surface area contributed by atoms with Crippen molar-refractivity contribution in [2.45, 2.75) is 31.5 Å².